The molecule has 0 bridgehead atoms. The fourth-order valence-corrected chi connectivity index (χ4v) is 2.91. The van der Waals surface area contributed by atoms with Crippen molar-refractivity contribution < 1.29 is 23.1 Å². The van der Waals surface area contributed by atoms with E-state index in [0.717, 1.165) is 0 Å². The highest BCUT2D eigenvalue weighted by Crippen LogP contribution is 2.07. The molecule has 0 heterocycles. The largest absolute Gasteiger partial charge is 0.480 e. The lowest BCUT2D eigenvalue weighted by Gasteiger charge is -2.19. The third-order valence-electron chi connectivity index (χ3n) is 2.86. The molecule has 8 heteroatoms. The standard InChI is InChI=1S/C14H20N2O5S/c1-2-10-16(11-14(18)19)13(17)8-9-15-22(20,21)12-6-4-3-5-7-12/h3-7,15H,2,8-11H2,1H3,(H,18,19). The number of nitrogens with zero attached hydrogens (tertiary/aromatic N) is 1. The van der Waals surface area contributed by atoms with E-state index in [1.54, 1.807) is 18.2 Å². The van der Waals surface area contributed by atoms with Crippen LogP contribution in [0.25, 0.3) is 0 Å². The summed E-state index contributed by atoms with van der Waals surface area (Å²) >= 11 is 0. The SMILES string of the molecule is CCCN(CC(=O)O)C(=O)CCNS(=O)(=O)c1ccccc1. The van der Waals surface area contributed by atoms with Gasteiger partial charge in [-0.2, -0.15) is 0 Å². The molecule has 1 aromatic rings. The summed E-state index contributed by atoms with van der Waals surface area (Å²) < 4.78 is 26.2. The number of carboxylic acid groups (broad SMARTS) is 1. The van der Waals surface area contributed by atoms with Crippen molar-refractivity contribution in [3.05, 3.63) is 30.3 Å². The third-order valence-corrected chi connectivity index (χ3v) is 4.33. The van der Waals surface area contributed by atoms with Gasteiger partial charge in [0.2, 0.25) is 15.9 Å². The number of carboxylic acids is 1. The first-order chi connectivity index (χ1) is 10.4. The second-order valence-corrected chi connectivity index (χ2v) is 6.44. The van der Waals surface area contributed by atoms with Gasteiger partial charge in [0.05, 0.1) is 4.90 Å². The first-order valence-corrected chi connectivity index (χ1v) is 8.39. The topological polar surface area (TPSA) is 104 Å². The van der Waals surface area contributed by atoms with Crippen LogP contribution in [0.15, 0.2) is 35.2 Å². The van der Waals surface area contributed by atoms with E-state index in [0.29, 0.717) is 13.0 Å². The monoisotopic (exact) mass is 328 g/mol. The average Bonchev–Trinajstić information content (AvgIpc) is 2.47. The lowest BCUT2D eigenvalue weighted by molar-refractivity contribution is -0.144. The smallest absolute Gasteiger partial charge is 0.323 e. The summed E-state index contributed by atoms with van der Waals surface area (Å²) in [6.07, 6.45) is 0.550. The summed E-state index contributed by atoms with van der Waals surface area (Å²) in [5, 5.41) is 8.76. The zero-order valence-electron chi connectivity index (χ0n) is 12.4. The normalized spacial score (nSPS) is 11.1. The second-order valence-electron chi connectivity index (χ2n) is 4.67. The Labute approximate surface area is 130 Å². The Morgan fingerprint density at radius 2 is 1.86 bits per heavy atom. The van der Waals surface area contributed by atoms with Gasteiger partial charge in [-0.25, -0.2) is 13.1 Å². The molecule has 1 aromatic carbocycles. The number of rotatable bonds is 9. The molecule has 122 valence electrons. The van der Waals surface area contributed by atoms with Gasteiger partial charge in [0.25, 0.3) is 0 Å². The minimum atomic E-state index is -3.65. The van der Waals surface area contributed by atoms with Crippen LogP contribution < -0.4 is 4.72 Å². The molecule has 0 aliphatic rings. The summed E-state index contributed by atoms with van der Waals surface area (Å²) in [6.45, 7) is 1.71. The zero-order valence-corrected chi connectivity index (χ0v) is 13.2. The highest BCUT2D eigenvalue weighted by molar-refractivity contribution is 7.89. The number of aliphatic carboxylic acids is 1. The van der Waals surface area contributed by atoms with Crippen LogP contribution >= 0.6 is 0 Å². The molecule has 0 spiro atoms. The number of sulfonamides is 1. The zero-order chi connectivity index (χ0) is 16.6. The summed E-state index contributed by atoms with van der Waals surface area (Å²) in [5.41, 5.74) is 0. The Morgan fingerprint density at radius 3 is 2.41 bits per heavy atom. The number of carbonyl (C=O) groups excluding carboxylic acids is 1. The van der Waals surface area contributed by atoms with Crippen molar-refractivity contribution in [2.45, 2.75) is 24.7 Å². The summed E-state index contributed by atoms with van der Waals surface area (Å²) in [7, 11) is -3.65. The first-order valence-electron chi connectivity index (χ1n) is 6.91. The van der Waals surface area contributed by atoms with Crippen LogP contribution in [0, 0.1) is 0 Å². The van der Waals surface area contributed by atoms with E-state index >= 15 is 0 Å². The van der Waals surface area contributed by atoms with Crippen LogP contribution in [0.3, 0.4) is 0 Å². The summed E-state index contributed by atoms with van der Waals surface area (Å²) in [6, 6.07) is 7.83. The van der Waals surface area contributed by atoms with Gasteiger partial charge < -0.3 is 10.0 Å². The molecule has 0 atom stereocenters. The molecular weight excluding hydrogens is 308 g/mol. The van der Waals surface area contributed by atoms with Crippen molar-refractivity contribution in [3.8, 4) is 0 Å². The van der Waals surface area contributed by atoms with Crippen LogP contribution in [0.4, 0.5) is 0 Å². The lowest BCUT2D eigenvalue weighted by atomic mass is 10.3. The van der Waals surface area contributed by atoms with E-state index in [-0.39, 0.29) is 30.3 Å². The Kier molecular flexibility index (Phi) is 7.00. The van der Waals surface area contributed by atoms with Gasteiger partial charge in [0.1, 0.15) is 6.54 Å². The minimum absolute atomic E-state index is 0.0735. The predicted molar refractivity (Wildman–Crippen MR) is 80.8 cm³/mol. The maximum Gasteiger partial charge on any atom is 0.323 e. The fraction of sp³-hybridized carbons (Fsp3) is 0.429. The van der Waals surface area contributed by atoms with Crippen molar-refractivity contribution in [1.82, 2.24) is 9.62 Å². The Hall–Kier alpha value is -1.93. The van der Waals surface area contributed by atoms with Crippen LogP contribution in [-0.4, -0.2) is 49.9 Å². The third kappa shape index (κ3) is 5.82. The molecule has 0 aliphatic heterocycles. The molecule has 1 amide bonds. The molecule has 2 N–H and O–H groups in total. The van der Waals surface area contributed by atoms with E-state index in [9.17, 15) is 18.0 Å². The van der Waals surface area contributed by atoms with Gasteiger partial charge in [-0.15, -0.1) is 0 Å². The molecule has 0 saturated heterocycles. The van der Waals surface area contributed by atoms with Gasteiger partial charge in [0.15, 0.2) is 0 Å². The number of amides is 1. The Morgan fingerprint density at radius 1 is 1.23 bits per heavy atom. The van der Waals surface area contributed by atoms with E-state index < -0.39 is 16.0 Å². The van der Waals surface area contributed by atoms with Crippen molar-refractivity contribution in [3.63, 3.8) is 0 Å². The molecule has 0 aromatic heterocycles. The second kappa shape index (κ2) is 8.50. The maximum absolute atomic E-state index is 12.0. The first kappa shape index (κ1) is 18.1. The number of hydrogen-bond donors (Lipinski definition) is 2. The van der Waals surface area contributed by atoms with Crippen LogP contribution in [0.1, 0.15) is 19.8 Å². The Balaban J connectivity index is 2.55. The summed E-state index contributed by atoms with van der Waals surface area (Å²) in [5.74, 6) is -1.48. The number of benzene rings is 1. The quantitative estimate of drug-likeness (QED) is 0.694. The van der Waals surface area contributed by atoms with Gasteiger partial charge in [-0.05, 0) is 18.6 Å². The molecule has 0 saturated carbocycles. The fourth-order valence-electron chi connectivity index (χ4n) is 1.86. The molecule has 1 rings (SSSR count). The maximum atomic E-state index is 12.0. The van der Waals surface area contributed by atoms with Gasteiger partial charge in [-0.3, -0.25) is 9.59 Å². The Bertz CT molecular complexity index is 601. The molecule has 0 unspecified atom stereocenters. The van der Waals surface area contributed by atoms with Crippen molar-refractivity contribution in [1.29, 1.82) is 0 Å². The van der Waals surface area contributed by atoms with Crippen LogP contribution in [-0.2, 0) is 19.6 Å². The molecule has 7 nitrogen and oxygen atoms in total. The molecule has 0 radical (unpaired) electrons. The lowest BCUT2D eigenvalue weighted by Crippen LogP contribution is -2.38. The van der Waals surface area contributed by atoms with Crippen LogP contribution in [0.5, 0.6) is 0 Å². The summed E-state index contributed by atoms with van der Waals surface area (Å²) in [4.78, 5) is 24.0. The van der Waals surface area contributed by atoms with Crippen LogP contribution in [0.2, 0.25) is 0 Å². The molecular formula is C14H20N2O5S. The molecule has 0 aliphatic carbocycles. The van der Waals surface area contributed by atoms with E-state index in [1.165, 1.54) is 17.0 Å². The predicted octanol–water partition coefficient (Wildman–Crippen LogP) is 0.678. The van der Waals surface area contributed by atoms with Crippen molar-refractivity contribution in [2.75, 3.05) is 19.6 Å². The van der Waals surface area contributed by atoms with E-state index in [2.05, 4.69) is 4.72 Å². The highest BCUT2D eigenvalue weighted by Gasteiger charge is 2.17. The van der Waals surface area contributed by atoms with Gasteiger partial charge >= 0.3 is 5.97 Å². The highest BCUT2D eigenvalue weighted by atomic mass is 32.2. The van der Waals surface area contributed by atoms with E-state index in [1.807, 2.05) is 6.92 Å². The minimum Gasteiger partial charge on any atom is -0.480 e. The average molecular weight is 328 g/mol. The number of nitrogens with one attached hydrogen (secondary N) is 1. The van der Waals surface area contributed by atoms with Crippen molar-refractivity contribution in [2.24, 2.45) is 0 Å². The number of hydrogen-bond acceptors (Lipinski definition) is 4. The van der Waals surface area contributed by atoms with E-state index in [4.69, 9.17) is 5.11 Å². The van der Waals surface area contributed by atoms with Gasteiger partial charge in [0, 0.05) is 19.5 Å². The molecule has 22 heavy (non-hydrogen) atoms. The van der Waals surface area contributed by atoms with Crippen molar-refractivity contribution >= 4 is 21.9 Å². The van der Waals surface area contributed by atoms with Gasteiger partial charge in [-0.1, -0.05) is 25.1 Å². The number of carbonyl (C=O) groups is 2. The molecule has 0 fully saturated rings.